The predicted molar refractivity (Wildman–Crippen MR) is 104 cm³/mol. The van der Waals surface area contributed by atoms with Crippen LogP contribution in [0.2, 0.25) is 0 Å². The molecule has 0 bridgehead atoms. The number of aryl methyl sites for hydroxylation is 2. The Morgan fingerprint density at radius 2 is 1.78 bits per heavy atom. The van der Waals surface area contributed by atoms with Crippen LogP contribution in [0.1, 0.15) is 29.5 Å². The number of hydrogen-bond donors (Lipinski definition) is 1. The lowest BCUT2D eigenvalue weighted by atomic mass is 9.85. The summed E-state index contributed by atoms with van der Waals surface area (Å²) in [6, 6.07) is 3.88. The average Bonchev–Trinajstić information content (AvgIpc) is 2.82. The highest BCUT2D eigenvalue weighted by Crippen LogP contribution is 2.46. The van der Waals surface area contributed by atoms with Crippen LogP contribution in [0.3, 0.4) is 0 Å². The van der Waals surface area contributed by atoms with Crippen LogP contribution in [0.25, 0.3) is 5.57 Å². The van der Waals surface area contributed by atoms with E-state index in [9.17, 15) is 9.90 Å². The Morgan fingerprint density at radius 1 is 1.19 bits per heavy atom. The van der Waals surface area contributed by atoms with E-state index in [-0.39, 0.29) is 18.5 Å². The number of amides is 1. The summed E-state index contributed by atoms with van der Waals surface area (Å²) in [5.41, 5.74) is 1.97. The van der Waals surface area contributed by atoms with Crippen LogP contribution in [0.4, 0.5) is 0 Å². The van der Waals surface area contributed by atoms with Gasteiger partial charge in [-0.05, 0) is 55.5 Å². The first-order valence-electron chi connectivity index (χ1n) is 8.82. The van der Waals surface area contributed by atoms with Crippen molar-refractivity contribution in [1.82, 2.24) is 10.1 Å². The summed E-state index contributed by atoms with van der Waals surface area (Å²) < 4.78 is 5.94. The second-order valence-electron chi connectivity index (χ2n) is 6.92. The molecule has 1 spiro atoms. The Bertz CT molecular complexity index is 748. The van der Waals surface area contributed by atoms with Gasteiger partial charge in [0.1, 0.15) is 11.3 Å². The second kappa shape index (κ2) is 7.89. The van der Waals surface area contributed by atoms with Crippen molar-refractivity contribution in [1.29, 1.82) is 0 Å². The Balaban J connectivity index is 2.10. The van der Waals surface area contributed by atoms with Gasteiger partial charge in [-0.3, -0.25) is 4.79 Å². The van der Waals surface area contributed by atoms with E-state index in [0.717, 1.165) is 21.2 Å². The molecule has 27 heavy (non-hydrogen) atoms. The van der Waals surface area contributed by atoms with Crippen molar-refractivity contribution in [3.8, 4) is 0 Å². The van der Waals surface area contributed by atoms with Crippen LogP contribution in [-0.2, 0) is 19.2 Å². The van der Waals surface area contributed by atoms with Crippen LogP contribution in [0.5, 0.6) is 0 Å². The van der Waals surface area contributed by atoms with Crippen LogP contribution < -0.4 is 0 Å². The summed E-state index contributed by atoms with van der Waals surface area (Å²) in [6.45, 7) is 4.94. The van der Waals surface area contributed by atoms with Crippen LogP contribution in [0.15, 0.2) is 22.4 Å². The molecule has 1 N–H and O–H groups in total. The maximum Gasteiger partial charge on any atom is 0.282 e. The lowest BCUT2D eigenvalue weighted by molar-refractivity contribution is -0.259. The fourth-order valence-corrected chi connectivity index (χ4v) is 4.71. The number of nitrogens with zero attached hydrogens (tertiary/aromatic N) is 2. The van der Waals surface area contributed by atoms with Crippen molar-refractivity contribution in [2.45, 2.75) is 32.2 Å². The van der Waals surface area contributed by atoms with Crippen molar-refractivity contribution in [2.75, 3.05) is 34.1 Å². The van der Waals surface area contributed by atoms with E-state index >= 15 is 0 Å². The number of methoxy groups -OCH3 is 1. The molecule has 7 nitrogen and oxygen atoms in total. The Labute approximate surface area is 167 Å². The average molecular weight is 441 g/mol. The van der Waals surface area contributed by atoms with Gasteiger partial charge in [-0.1, -0.05) is 15.9 Å². The number of carbonyl (C=O) groups excluding carboxylic acids is 1. The van der Waals surface area contributed by atoms with Gasteiger partial charge < -0.3 is 14.7 Å². The summed E-state index contributed by atoms with van der Waals surface area (Å²) in [5, 5.41) is 14.4. The Hall–Kier alpha value is -1.45. The van der Waals surface area contributed by atoms with E-state index in [1.165, 1.54) is 12.2 Å². The molecule has 3 rings (SSSR count). The van der Waals surface area contributed by atoms with Gasteiger partial charge in [0.15, 0.2) is 6.79 Å². The smallest absolute Gasteiger partial charge is 0.282 e. The standard InChI is InChI=1S/C19H25BrN2O5/c1-12-9-14(20)10-13(2)15(12)16-17(23)19(5-7-21(26-4)8-6-19)22(18(16)24)27-11-25-3/h9-10,23H,5-8,11H2,1-4H3. The molecule has 2 heterocycles. The van der Waals surface area contributed by atoms with E-state index in [1.807, 2.05) is 31.0 Å². The minimum Gasteiger partial charge on any atom is -0.509 e. The van der Waals surface area contributed by atoms with Crippen LogP contribution >= 0.6 is 15.9 Å². The molecule has 2 aliphatic heterocycles. The maximum absolute atomic E-state index is 13.3. The zero-order chi connectivity index (χ0) is 19.8. The number of benzene rings is 1. The number of aliphatic hydroxyl groups is 1. The number of piperidine rings is 1. The minimum atomic E-state index is -0.911. The number of hydrogen-bond acceptors (Lipinski definition) is 6. The number of hydroxylamine groups is 4. The Morgan fingerprint density at radius 3 is 2.30 bits per heavy atom. The van der Waals surface area contributed by atoms with Crippen molar-refractivity contribution in [3.63, 3.8) is 0 Å². The molecular weight excluding hydrogens is 416 g/mol. The van der Waals surface area contributed by atoms with Crippen LogP contribution in [0, 0.1) is 13.8 Å². The highest BCUT2D eigenvalue weighted by atomic mass is 79.9. The fourth-order valence-electron chi connectivity index (χ4n) is 4.02. The number of halogens is 1. The van der Waals surface area contributed by atoms with Crippen LogP contribution in [-0.4, -0.2) is 60.8 Å². The lowest BCUT2D eigenvalue weighted by Gasteiger charge is -2.42. The summed E-state index contributed by atoms with van der Waals surface area (Å²) in [5.74, 6) is -0.281. The molecule has 1 saturated heterocycles. The first kappa shape index (κ1) is 20.3. The number of aliphatic hydroxyl groups excluding tert-OH is 1. The minimum absolute atomic E-state index is 0.0629. The molecule has 0 saturated carbocycles. The van der Waals surface area contributed by atoms with Gasteiger partial charge >= 0.3 is 0 Å². The van der Waals surface area contributed by atoms with Gasteiger partial charge in [0.25, 0.3) is 5.91 Å². The van der Waals surface area contributed by atoms with Gasteiger partial charge in [0, 0.05) is 24.7 Å². The Kier molecular flexibility index (Phi) is 5.93. The maximum atomic E-state index is 13.3. The molecule has 1 aromatic rings. The summed E-state index contributed by atoms with van der Waals surface area (Å²) >= 11 is 3.48. The molecule has 8 heteroatoms. The molecule has 1 amide bonds. The van der Waals surface area contributed by atoms with E-state index in [1.54, 1.807) is 7.11 Å². The SMILES string of the molecule is COCON1C(=O)C(c2c(C)cc(Br)cc2C)=C(O)C12CCN(OC)CC2. The van der Waals surface area contributed by atoms with E-state index < -0.39 is 5.54 Å². The normalized spacial score (nSPS) is 20.2. The van der Waals surface area contributed by atoms with Crippen molar-refractivity contribution < 1.29 is 24.3 Å². The zero-order valence-corrected chi connectivity index (χ0v) is 17.6. The van der Waals surface area contributed by atoms with Gasteiger partial charge in [-0.25, -0.2) is 9.90 Å². The van der Waals surface area contributed by atoms with E-state index in [2.05, 4.69) is 15.9 Å². The molecule has 0 aliphatic carbocycles. The molecule has 0 unspecified atom stereocenters. The topological polar surface area (TPSA) is 71.5 Å². The number of carbonyl (C=O) groups is 1. The molecule has 2 aliphatic rings. The van der Waals surface area contributed by atoms with Crippen molar-refractivity contribution in [3.05, 3.63) is 39.1 Å². The fraction of sp³-hybridized carbons (Fsp3) is 0.526. The van der Waals surface area contributed by atoms with Gasteiger partial charge in [-0.2, -0.15) is 5.06 Å². The second-order valence-corrected chi connectivity index (χ2v) is 7.83. The number of ether oxygens (including phenoxy) is 1. The first-order valence-corrected chi connectivity index (χ1v) is 9.61. The highest BCUT2D eigenvalue weighted by Gasteiger charge is 2.55. The van der Waals surface area contributed by atoms with Gasteiger partial charge in [0.05, 0.1) is 12.7 Å². The zero-order valence-electron chi connectivity index (χ0n) is 16.0. The molecular formula is C19H25BrN2O5. The molecule has 148 valence electrons. The largest absolute Gasteiger partial charge is 0.509 e. The van der Waals surface area contributed by atoms with Gasteiger partial charge in [0.2, 0.25) is 0 Å². The molecule has 1 fully saturated rings. The summed E-state index contributed by atoms with van der Waals surface area (Å²) in [4.78, 5) is 24.2. The quantitative estimate of drug-likeness (QED) is 0.709. The third kappa shape index (κ3) is 3.40. The summed E-state index contributed by atoms with van der Waals surface area (Å²) in [6.07, 6.45) is 1.00. The molecule has 0 aromatic heterocycles. The van der Waals surface area contributed by atoms with Gasteiger partial charge in [-0.15, -0.1) is 0 Å². The molecule has 0 atom stereocenters. The third-order valence-electron chi connectivity index (χ3n) is 5.32. The predicted octanol–water partition coefficient (Wildman–Crippen LogP) is 3.11. The summed E-state index contributed by atoms with van der Waals surface area (Å²) in [7, 11) is 3.12. The van der Waals surface area contributed by atoms with E-state index in [4.69, 9.17) is 14.4 Å². The highest BCUT2D eigenvalue weighted by molar-refractivity contribution is 9.10. The third-order valence-corrected chi connectivity index (χ3v) is 5.78. The van der Waals surface area contributed by atoms with E-state index in [0.29, 0.717) is 31.5 Å². The molecule has 1 aromatic carbocycles. The van der Waals surface area contributed by atoms with Crippen molar-refractivity contribution in [2.24, 2.45) is 0 Å². The monoisotopic (exact) mass is 440 g/mol. The lowest BCUT2D eigenvalue weighted by Crippen LogP contribution is -2.55. The molecule has 0 radical (unpaired) electrons. The first-order chi connectivity index (χ1) is 12.9. The number of rotatable bonds is 5. The van der Waals surface area contributed by atoms with Crippen molar-refractivity contribution >= 4 is 27.4 Å².